The fourth-order valence-electron chi connectivity index (χ4n) is 2.88. The van der Waals surface area contributed by atoms with E-state index in [1.54, 1.807) is 0 Å². The molecule has 0 saturated carbocycles. The summed E-state index contributed by atoms with van der Waals surface area (Å²) < 4.78 is 0. The minimum Gasteiger partial charge on any atom is -0.427 e. The zero-order chi connectivity index (χ0) is 10.0. The number of hydrogen-bond acceptors (Lipinski definition) is 4. The Morgan fingerprint density at radius 1 is 1.43 bits per heavy atom. The van der Waals surface area contributed by atoms with Crippen molar-refractivity contribution < 1.29 is 10.0 Å². The third-order valence-electron chi connectivity index (χ3n) is 3.72. The van der Waals surface area contributed by atoms with E-state index in [-0.39, 0.29) is 0 Å². The second-order valence-electron chi connectivity index (χ2n) is 4.62. The molecule has 0 radical (unpaired) electrons. The zero-order valence-corrected chi connectivity index (χ0v) is 8.50. The Morgan fingerprint density at radius 3 is 3.07 bits per heavy atom. The van der Waals surface area contributed by atoms with Crippen molar-refractivity contribution in [1.82, 2.24) is 10.6 Å². The van der Waals surface area contributed by atoms with Crippen LogP contribution in [0.1, 0.15) is 19.3 Å². The minimum absolute atomic E-state index is 0.398. The van der Waals surface area contributed by atoms with Crippen molar-refractivity contribution in [1.29, 1.82) is 0 Å². The monoisotopic (exact) mass is 198 g/mol. The minimum atomic E-state index is -1.13. The van der Waals surface area contributed by atoms with Gasteiger partial charge in [-0.15, -0.1) is 0 Å². The van der Waals surface area contributed by atoms with Crippen LogP contribution in [0.4, 0.5) is 0 Å². The lowest BCUT2D eigenvalue weighted by Gasteiger charge is -2.27. The first-order valence-electron chi connectivity index (χ1n) is 5.53. The van der Waals surface area contributed by atoms with Crippen LogP contribution in [-0.4, -0.2) is 42.8 Å². The second-order valence-corrected chi connectivity index (χ2v) is 4.62. The molecule has 2 rings (SSSR count). The molecule has 2 fully saturated rings. The van der Waals surface area contributed by atoms with E-state index in [0.717, 1.165) is 32.5 Å². The van der Waals surface area contributed by atoms with Crippen LogP contribution in [0.5, 0.6) is 0 Å². The molecule has 4 N–H and O–H groups in total. The van der Waals surface area contributed by atoms with Crippen molar-refractivity contribution in [2.45, 2.75) is 31.6 Å². The lowest BCUT2D eigenvalue weighted by Crippen LogP contribution is -2.35. The number of rotatable bonds is 4. The van der Waals surface area contributed by atoms with E-state index in [1.165, 1.54) is 6.42 Å². The summed E-state index contributed by atoms with van der Waals surface area (Å²) in [6.45, 7) is 3.28. The molecule has 2 unspecified atom stereocenters. The summed E-state index contributed by atoms with van der Waals surface area (Å²) in [5.74, 6) is 0. The zero-order valence-electron chi connectivity index (χ0n) is 8.50. The van der Waals surface area contributed by atoms with Gasteiger partial charge in [-0.1, -0.05) is 6.42 Å². The molecule has 2 aliphatic heterocycles. The Morgan fingerprint density at radius 2 is 2.29 bits per heavy atom. The Kier molecular flexibility index (Phi) is 3.12. The summed E-state index contributed by atoms with van der Waals surface area (Å²) in [6.07, 6.45) is 3.76. The fourth-order valence-corrected chi connectivity index (χ4v) is 2.88. The first-order valence-corrected chi connectivity index (χ1v) is 5.53. The van der Waals surface area contributed by atoms with Crippen molar-refractivity contribution in [2.24, 2.45) is 5.41 Å². The Balaban J connectivity index is 1.82. The van der Waals surface area contributed by atoms with Crippen molar-refractivity contribution in [3.8, 4) is 0 Å². The maximum absolute atomic E-state index is 8.79. The van der Waals surface area contributed by atoms with E-state index in [1.807, 2.05) is 0 Å². The van der Waals surface area contributed by atoms with E-state index in [9.17, 15) is 0 Å². The largest absolute Gasteiger partial charge is 0.451 e. The Bertz CT molecular complexity index is 191. The summed E-state index contributed by atoms with van der Waals surface area (Å²) >= 11 is 0. The molecule has 0 bridgehead atoms. The van der Waals surface area contributed by atoms with Crippen molar-refractivity contribution in [2.75, 3.05) is 19.6 Å². The van der Waals surface area contributed by atoms with Gasteiger partial charge in [-0.2, -0.15) is 0 Å². The highest BCUT2D eigenvalue weighted by atomic mass is 16.4. The Labute approximate surface area is 85.2 Å². The predicted octanol–water partition coefficient (Wildman–Crippen LogP) is -0.809. The maximum Gasteiger partial charge on any atom is 0.451 e. The summed E-state index contributed by atoms with van der Waals surface area (Å²) in [5.41, 5.74) is 0.398. The van der Waals surface area contributed by atoms with Gasteiger partial charge in [-0.05, 0) is 25.7 Å². The van der Waals surface area contributed by atoms with Crippen LogP contribution >= 0.6 is 0 Å². The smallest absolute Gasteiger partial charge is 0.427 e. The van der Waals surface area contributed by atoms with Crippen molar-refractivity contribution in [3.63, 3.8) is 0 Å². The van der Waals surface area contributed by atoms with Gasteiger partial charge in [-0.25, -0.2) is 0 Å². The van der Waals surface area contributed by atoms with Crippen LogP contribution in [0, 0.1) is 5.41 Å². The van der Waals surface area contributed by atoms with Crippen LogP contribution in [0.2, 0.25) is 6.32 Å². The van der Waals surface area contributed by atoms with E-state index in [4.69, 9.17) is 10.0 Å². The van der Waals surface area contributed by atoms with Gasteiger partial charge in [0.2, 0.25) is 0 Å². The van der Waals surface area contributed by atoms with Crippen LogP contribution in [-0.2, 0) is 0 Å². The third kappa shape index (κ3) is 1.96. The lowest BCUT2D eigenvalue weighted by atomic mass is 9.74. The average molecular weight is 198 g/mol. The summed E-state index contributed by atoms with van der Waals surface area (Å²) in [4.78, 5) is 0. The molecule has 80 valence electrons. The average Bonchev–Trinajstić information content (AvgIpc) is 2.61. The predicted molar refractivity (Wildman–Crippen MR) is 55.9 cm³/mol. The van der Waals surface area contributed by atoms with Gasteiger partial charge in [0.15, 0.2) is 0 Å². The second kappa shape index (κ2) is 4.19. The summed E-state index contributed by atoms with van der Waals surface area (Å²) in [5, 5.41) is 24.5. The molecule has 5 heteroatoms. The fraction of sp³-hybridized carbons (Fsp3) is 1.00. The molecular formula is C9H19BN2O2. The molecular weight excluding hydrogens is 179 g/mol. The van der Waals surface area contributed by atoms with E-state index in [0.29, 0.717) is 17.8 Å². The molecule has 2 atom stereocenters. The van der Waals surface area contributed by atoms with Crippen LogP contribution in [0.15, 0.2) is 0 Å². The highest BCUT2D eigenvalue weighted by Gasteiger charge is 2.45. The topological polar surface area (TPSA) is 64.5 Å². The molecule has 0 aromatic carbocycles. The lowest BCUT2D eigenvalue weighted by molar-refractivity contribution is 0.280. The quantitative estimate of drug-likeness (QED) is 0.446. The first kappa shape index (κ1) is 10.4. The van der Waals surface area contributed by atoms with Gasteiger partial charge in [0.05, 0.1) is 0 Å². The van der Waals surface area contributed by atoms with Crippen LogP contribution < -0.4 is 10.6 Å². The maximum atomic E-state index is 8.79. The van der Waals surface area contributed by atoms with Gasteiger partial charge in [0, 0.05) is 24.5 Å². The molecule has 0 aliphatic carbocycles. The molecule has 14 heavy (non-hydrogen) atoms. The molecule has 2 saturated heterocycles. The number of hydrogen-bond donors (Lipinski definition) is 4. The van der Waals surface area contributed by atoms with E-state index >= 15 is 0 Å². The van der Waals surface area contributed by atoms with Gasteiger partial charge < -0.3 is 20.7 Å². The Hall–Kier alpha value is -0.0951. The van der Waals surface area contributed by atoms with Crippen LogP contribution in [0.25, 0.3) is 0 Å². The first-order chi connectivity index (χ1) is 6.73. The summed E-state index contributed by atoms with van der Waals surface area (Å²) in [7, 11) is -1.13. The molecule has 0 aromatic heterocycles. The SMILES string of the molecule is OB(O)CCCC12CCNC1CNC2. The van der Waals surface area contributed by atoms with Gasteiger partial charge >= 0.3 is 7.12 Å². The van der Waals surface area contributed by atoms with E-state index < -0.39 is 7.12 Å². The number of nitrogens with one attached hydrogen (secondary N) is 2. The molecule has 0 aromatic rings. The molecule has 2 aliphatic rings. The molecule has 2 heterocycles. The third-order valence-corrected chi connectivity index (χ3v) is 3.72. The summed E-state index contributed by atoms with van der Waals surface area (Å²) in [6, 6.07) is 0.610. The molecule has 0 amide bonds. The highest BCUT2D eigenvalue weighted by molar-refractivity contribution is 6.40. The van der Waals surface area contributed by atoms with Gasteiger partial charge in [0.1, 0.15) is 0 Å². The number of fused-ring (bicyclic) bond motifs is 1. The standard InChI is InChI=1S/C9H19BN2O2/c13-10(14)4-1-2-9-3-5-12-8(9)6-11-7-9/h8,11-14H,1-7H2. The molecule has 4 nitrogen and oxygen atoms in total. The van der Waals surface area contributed by atoms with Crippen molar-refractivity contribution in [3.05, 3.63) is 0 Å². The van der Waals surface area contributed by atoms with Gasteiger partial charge in [-0.3, -0.25) is 0 Å². The highest BCUT2D eigenvalue weighted by Crippen LogP contribution is 2.38. The van der Waals surface area contributed by atoms with Crippen molar-refractivity contribution >= 4 is 7.12 Å². The van der Waals surface area contributed by atoms with E-state index in [2.05, 4.69) is 10.6 Å². The normalized spacial score (nSPS) is 36.0. The van der Waals surface area contributed by atoms with Crippen LogP contribution in [0.3, 0.4) is 0 Å². The van der Waals surface area contributed by atoms with Gasteiger partial charge in [0.25, 0.3) is 0 Å². The molecule has 0 spiro atoms.